The van der Waals surface area contributed by atoms with Gasteiger partial charge in [0.1, 0.15) is 12.4 Å². The Labute approximate surface area is 231 Å². The van der Waals surface area contributed by atoms with E-state index in [9.17, 15) is 9.59 Å². The molecule has 1 amide bonds. The number of ether oxygens (including phenoxy) is 1. The van der Waals surface area contributed by atoms with E-state index in [4.69, 9.17) is 44.4 Å². The monoisotopic (exact) mass is 579 g/mol. The van der Waals surface area contributed by atoms with Crippen molar-refractivity contribution in [3.05, 3.63) is 82.1 Å². The first-order valence-corrected chi connectivity index (χ1v) is 13.2. The lowest BCUT2D eigenvalue weighted by Gasteiger charge is -2.13. The van der Waals surface area contributed by atoms with Crippen molar-refractivity contribution in [1.82, 2.24) is 14.9 Å². The number of oxime groups is 1. The van der Waals surface area contributed by atoms with Crippen molar-refractivity contribution in [2.24, 2.45) is 5.16 Å². The van der Waals surface area contributed by atoms with Gasteiger partial charge in [-0.05, 0) is 24.3 Å². The van der Waals surface area contributed by atoms with Crippen molar-refractivity contribution in [3.8, 4) is 5.75 Å². The number of carbonyl (C=O) groups excluding carboxylic acids is 2. The lowest BCUT2D eigenvalue weighted by Crippen LogP contribution is -2.32. The summed E-state index contributed by atoms with van der Waals surface area (Å²) in [6.45, 7) is 3.61. The standard InChI is InChI=1S/C24H20Cl3N5O4S/c1-2-9-37-24-29-28-22(32(24)30-23(34)19(33)12-25)13-35-20-6-4-3-5-16(20)18-11-21(36-31-18)15-8-7-14(26)10-17(15)27/h2-8,10,21H,1,9,11-13H2,(H,30,34). The Kier molecular flexibility index (Phi) is 9.09. The van der Waals surface area contributed by atoms with Crippen molar-refractivity contribution < 1.29 is 19.2 Å². The molecule has 0 aliphatic carbocycles. The third-order valence-corrected chi connectivity index (χ3v) is 6.88. The topological polar surface area (TPSA) is 108 Å². The Morgan fingerprint density at radius 3 is 2.81 bits per heavy atom. The minimum atomic E-state index is -0.888. The lowest BCUT2D eigenvalue weighted by atomic mass is 9.99. The van der Waals surface area contributed by atoms with E-state index >= 15 is 0 Å². The SMILES string of the molecule is C=CCSc1nnc(COc2ccccc2C2=NOC(c3ccc(Cl)cc3Cl)C2)n1NC(=O)C(=O)CCl. The van der Waals surface area contributed by atoms with Crippen LogP contribution in [0.3, 0.4) is 0 Å². The zero-order chi connectivity index (χ0) is 26.4. The molecular formula is C24H20Cl3N5O4S. The number of benzene rings is 2. The van der Waals surface area contributed by atoms with Crippen LogP contribution in [0.2, 0.25) is 10.0 Å². The minimum Gasteiger partial charge on any atom is -0.485 e. The summed E-state index contributed by atoms with van der Waals surface area (Å²) in [6, 6.07) is 12.5. The summed E-state index contributed by atoms with van der Waals surface area (Å²) >= 11 is 19.1. The number of Topliss-reactive ketones (excluding diaryl/α,β-unsaturated/α-hetero) is 1. The zero-order valence-electron chi connectivity index (χ0n) is 19.2. The third kappa shape index (κ3) is 6.45. The number of carbonyl (C=O) groups is 2. The molecule has 2 heterocycles. The molecule has 1 aliphatic rings. The van der Waals surface area contributed by atoms with E-state index in [1.165, 1.54) is 16.4 Å². The fourth-order valence-corrected chi connectivity index (χ4v) is 4.69. The van der Waals surface area contributed by atoms with Gasteiger partial charge in [0, 0.05) is 33.3 Å². The van der Waals surface area contributed by atoms with Gasteiger partial charge in [0.2, 0.25) is 10.9 Å². The van der Waals surface area contributed by atoms with E-state index in [0.29, 0.717) is 38.8 Å². The highest BCUT2D eigenvalue weighted by molar-refractivity contribution is 7.99. The van der Waals surface area contributed by atoms with Gasteiger partial charge in [0.05, 0.1) is 11.6 Å². The van der Waals surface area contributed by atoms with Gasteiger partial charge in [-0.1, -0.05) is 64.4 Å². The molecule has 1 unspecified atom stereocenters. The summed E-state index contributed by atoms with van der Waals surface area (Å²) < 4.78 is 7.35. The van der Waals surface area contributed by atoms with E-state index in [1.807, 2.05) is 24.3 Å². The second-order valence-electron chi connectivity index (χ2n) is 7.62. The second kappa shape index (κ2) is 12.5. The highest BCUT2D eigenvalue weighted by atomic mass is 35.5. The van der Waals surface area contributed by atoms with Gasteiger partial charge in [0.25, 0.3) is 0 Å². The van der Waals surface area contributed by atoms with E-state index in [1.54, 1.807) is 24.3 Å². The number of para-hydroxylation sites is 1. The predicted molar refractivity (Wildman–Crippen MR) is 143 cm³/mol. The smallest absolute Gasteiger partial charge is 0.307 e. The van der Waals surface area contributed by atoms with Crippen LogP contribution in [0.25, 0.3) is 0 Å². The molecule has 0 saturated heterocycles. The van der Waals surface area contributed by atoms with Crippen LogP contribution in [0.1, 0.15) is 29.5 Å². The van der Waals surface area contributed by atoms with Crippen LogP contribution in [-0.2, 0) is 21.0 Å². The van der Waals surface area contributed by atoms with Crippen molar-refractivity contribution in [3.63, 3.8) is 0 Å². The van der Waals surface area contributed by atoms with Gasteiger partial charge in [0.15, 0.2) is 11.9 Å². The number of rotatable bonds is 11. The molecule has 37 heavy (non-hydrogen) atoms. The van der Waals surface area contributed by atoms with Crippen molar-refractivity contribution in [2.75, 3.05) is 17.1 Å². The number of ketones is 1. The highest BCUT2D eigenvalue weighted by Crippen LogP contribution is 2.36. The quantitative estimate of drug-likeness (QED) is 0.144. The zero-order valence-corrected chi connectivity index (χ0v) is 22.3. The van der Waals surface area contributed by atoms with Crippen molar-refractivity contribution in [1.29, 1.82) is 0 Å². The van der Waals surface area contributed by atoms with Crippen LogP contribution in [0, 0.1) is 0 Å². The van der Waals surface area contributed by atoms with E-state index in [-0.39, 0.29) is 18.5 Å². The Hall–Kier alpha value is -3.05. The molecule has 0 spiro atoms. The first-order chi connectivity index (χ1) is 17.9. The Morgan fingerprint density at radius 1 is 1.24 bits per heavy atom. The average molecular weight is 581 g/mol. The Morgan fingerprint density at radius 2 is 2.05 bits per heavy atom. The van der Waals surface area contributed by atoms with Crippen LogP contribution < -0.4 is 10.2 Å². The molecule has 0 fully saturated rings. The summed E-state index contributed by atoms with van der Waals surface area (Å²) in [5.74, 6) is -0.824. The molecule has 2 aromatic carbocycles. The lowest BCUT2D eigenvalue weighted by molar-refractivity contribution is -0.133. The second-order valence-corrected chi connectivity index (χ2v) is 9.72. The number of nitrogens with one attached hydrogen (secondary N) is 1. The predicted octanol–water partition coefficient (Wildman–Crippen LogP) is 5.19. The highest BCUT2D eigenvalue weighted by Gasteiger charge is 2.28. The summed E-state index contributed by atoms with van der Waals surface area (Å²) in [7, 11) is 0. The first kappa shape index (κ1) is 27.0. The maximum Gasteiger partial charge on any atom is 0.307 e. The molecule has 192 valence electrons. The molecule has 0 bridgehead atoms. The van der Waals surface area contributed by atoms with Gasteiger partial charge >= 0.3 is 5.91 Å². The molecule has 13 heteroatoms. The number of thioether (sulfide) groups is 1. The van der Waals surface area contributed by atoms with E-state index < -0.39 is 17.6 Å². The van der Waals surface area contributed by atoms with Crippen LogP contribution >= 0.6 is 46.6 Å². The summed E-state index contributed by atoms with van der Waals surface area (Å²) in [6.07, 6.45) is 1.78. The average Bonchev–Trinajstić information content (AvgIpc) is 3.53. The summed E-state index contributed by atoms with van der Waals surface area (Å²) in [4.78, 5) is 29.6. The van der Waals surface area contributed by atoms with Crippen molar-refractivity contribution >= 4 is 64.0 Å². The molecule has 0 radical (unpaired) electrons. The number of nitrogens with zero attached hydrogens (tertiary/aromatic N) is 4. The first-order valence-electron chi connectivity index (χ1n) is 10.9. The van der Waals surface area contributed by atoms with Crippen LogP contribution in [0.4, 0.5) is 0 Å². The van der Waals surface area contributed by atoms with Crippen LogP contribution in [-0.4, -0.2) is 43.9 Å². The normalized spacial score (nSPS) is 14.6. The molecule has 3 aromatic rings. The fourth-order valence-electron chi connectivity index (χ4n) is 3.40. The van der Waals surface area contributed by atoms with E-state index in [2.05, 4.69) is 27.4 Å². The largest absolute Gasteiger partial charge is 0.485 e. The fraction of sp³-hybridized carbons (Fsp3) is 0.208. The molecule has 1 aliphatic heterocycles. The number of alkyl halides is 1. The summed E-state index contributed by atoms with van der Waals surface area (Å²) in [5.41, 5.74) is 4.66. The minimum absolute atomic E-state index is 0.0609. The van der Waals surface area contributed by atoms with Gasteiger partial charge < -0.3 is 9.57 Å². The van der Waals surface area contributed by atoms with Crippen LogP contribution in [0.5, 0.6) is 5.75 Å². The molecule has 4 rings (SSSR count). The molecule has 1 N–H and O–H groups in total. The van der Waals surface area contributed by atoms with Gasteiger partial charge in [-0.3, -0.25) is 15.0 Å². The molecular weight excluding hydrogens is 561 g/mol. The Balaban J connectivity index is 1.51. The number of hydrogen-bond acceptors (Lipinski definition) is 8. The van der Waals surface area contributed by atoms with Gasteiger partial charge in [-0.2, -0.15) is 0 Å². The Bertz CT molecular complexity index is 1360. The summed E-state index contributed by atoms with van der Waals surface area (Å²) in [5, 5.41) is 13.8. The molecule has 9 nitrogen and oxygen atoms in total. The number of aromatic nitrogens is 3. The number of halogens is 3. The molecule has 1 aromatic heterocycles. The van der Waals surface area contributed by atoms with Crippen molar-refractivity contribution in [2.45, 2.75) is 24.3 Å². The number of hydrogen-bond donors (Lipinski definition) is 1. The maximum absolute atomic E-state index is 12.2. The number of amides is 1. The van der Waals surface area contributed by atoms with E-state index in [0.717, 1.165) is 11.1 Å². The molecule has 1 atom stereocenters. The maximum atomic E-state index is 12.2. The third-order valence-electron chi connectivity index (χ3n) is 5.15. The van der Waals surface area contributed by atoms with Crippen LogP contribution in [0.15, 0.2) is 65.4 Å². The van der Waals surface area contributed by atoms with Gasteiger partial charge in [-0.15, -0.1) is 28.4 Å². The molecule has 0 saturated carbocycles. The van der Waals surface area contributed by atoms with Gasteiger partial charge in [-0.25, -0.2) is 4.68 Å².